The summed E-state index contributed by atoms with van der Waals surface area (Å²) >= 11 is 0. The molecule has 3 rings (SSSR count). The standard InChI is InChI=1S/C19H19FN2O/c1-22(2)11-13-5-6-17(15(8-13)12-23)18-10-16(20)9-14-4-3-7-21-19(14)18/h3-10,23H,11-12H2,1-2H3. The van der Waals surface area contributed by atoms with Crippen molar-refractivity contribution in [2.24, 2.45) is 0 Å². The van der Waals surface area contributed by atoms with Crippen molar-refractivity contribution in [3.63, 3.8) is 0 Å². The van der Waals surface area contributed by atoms with Crippen LogP contribution in [0.2, 0.25) is 0 Å². The fourth-order valence-corrected chi connectivity index (χ4v) is 2.87. The number of halogens is 1. The van der Waals surface area contributed by atoms with E-state index in [4.69, 9.17) is 0 Å². The van der Waals surface area contributed by atoms with E-state index in [0.717, 1.165) is 34.1 Å². The van der Waals surface area contributed by atoms with Crippen molar-refractivity contribution in [1.82, 2.24) is 9.88 Å². The number of pyridine rings is 1. The van der Waals surface area contributed by atoms with Gasteiger partial charge in [-0.3, -0.25) is 4.98 Å². The summed E-state index contributed by atoms with van der Waals surface area (Å²) in [7, 11) is 3.99. The van der Waals surface area contributed by atoms with Crippen LogP contribution in [0.25, 0.3) is 22.0 Å². The number of aliphatic hydroxyl groups excluding tert-OH is 1. The van der Waals surface area contributed by atoms with Crippen molar-refractivity contribution in [2.45, 2.75) is 13.2 Å². The highest BCUT2D eigenvalue weighted by atomic mass is 19.1. The third-order valence-corrected chi connectivity index (χ3v) is 3.80. The van der Waals surface area contributed by atoms with Crippen LogP contribution in [-0.4, -0.2) is 29.1 Å². The topological polar surface area (TPSA) is 36.4 Å². The average Bonchev–Trinajstić information content (AvgIpc) is 2.53. The Balaban J connectivity index is 2.18. The lowest BCUT2D eigenvalue weighted by molar-refractivity contribution is 0.282. The number of nitrogens with zero attached hydrogens (tertiary/aromatic N) is 2. The van der Waals surface area contributed by atoms with Crippen LogP contribution in [0.4, 0.5) is 4.39 Å². The summed E-state index contributed by atoms with van der Waals surface area (Å²) in [6.45, 7) is 0.691. The molecule has 0 aliphatic rings. The average molecular weight is 310 g/mol. The van der Waals surface area contributed by atoms with E-state index in [1.54, 1.807) is 12.3 Å². The van der Waals surface area contributed by atoms with Crippen LogP contribution in [0.3, 0.4) is 0 Å². The van der Waals surface area contributed by atoms with Crippen molar-refractivity contribution in [2.75, 3.05) is 14.1 Å². The van der Waals surface area contributed by atoms with Crippen LogP contribution in [0.1, 0.15) is 11.1 Å². The molecule has 0 saturated heterocycles. The molecule has 3 aromatic rings. The molecule has 0 aliphatic carbocycles. The lowest BCUT2D eigenvalue weighted by atomic mass is 9.95. The molecule has 0 radical (unpaired) electrons. The van der Waals surface area contributed by atoms with E-state index in [-0.39, 0.29) is 12.4 Å². The second-order valence-electron chi connectivity index (χ2n) is 5.92. The molecule has 0 bridgehead atoms. The number of aliphatic hydroxyl groups is 1. The summed E-state index contributed by atoms with van der Waals surface area (Å²) in [6.07, 6.45) is 1.70. The Kier molecular flexibility index (Phi) is 4.37. The van der Waals surface area contributed by atoms with E-state index in [2.05, 4.69) is 9.88 Å². The molecule has 3 nitrogen and oxygen atoms in total. The maximum atomic E-state index is 14.0. The molecule has 0 atom stereocenters. The molecule has 1 aromatic heterocycles. The number of rotatable bonds is 4. The molecule has 1 heterocycles. The van der Waals surface area contributed by atoms with Gasteiger partial charge in [0.2, 0.25) is 0 Å². The van der Waals surface area contributed by atoms with Gasteiger partial charge in [-0.05, 0) is 49.0 Å². The second kappa shape index (κ2) is 6.44. The van der Waals surface area contributed by atoms with E-state index in [9.17, 15) is 9.50 Å². The first-order valence-corrected chi connectivity index (χ1v) is 7.50. The van der Waals surface area contributed by atoms with Gasteiger partial charge in [-0.25, -0.2) is 4.39 Å². The summed E-state index contributed by atoms with van der Waals surface area (Å²) in [5, 5.41) is 10.5. The Bertz CT molecular complexity index is 846. The zero-order chi connectivity index (χ0) is 16.4. The van der Waals surface area contributed by atoms with E-state index < -0.39 is 0 Å². The minimum Gasteiger partial charge on any atom is -0.392 e. The first-order chi connectivity index (χ1) is 11.1. The van der Waals surface area contributed by atoms with Gasteiger partial charge in [0.25, 0.3) is 0 Å². The molecule has 0 spiro atoms. The highest BCUT2D eigenvalue weighted by Crippen LogP contribution is 2.31. The molecule has 4 heteroatoms. The van der Waals surface area contributed by atoms with Crippen LogP contribution in [-0.2, 0) is 13.2 Å². The Morgan fingerprint density at radius 2 is 1.91 bits per heavy atom. The number of hydrogen-bond donors (Lipinski definition) is 1. The first kappa shape index (κ1) is 15.6. The van der Waals surface area contributed by atoms with Gasteiger partial charge < -0.3 is 10.0 Å². The predicted octanol–water partition coefficient (Wildman–Crippen LogP) is 3.59. The molecular weight excluding hydrogens is 291 g/mol. The van der Waals surface area contributed by atoms with Crippen LogP contribution in [0.15, 0.2) is 48.7 Å². The van der Waals surface area contributed by atoms with Crippen LogP contribution >= 0.6 is 0 Å². The van der Waals surface area contributed by atoms with Gasteiger partial charge in [-0.2, -0.15) is 0 Å². The Labute approximate surface area is 135 Å². The summed E-state index contributed by atoms with van der Waals surface area (Å²) in [5.41, 5.74) is 4.15. The van der Waals surface area contributed by atoms with E-state index in [1.165, 1.54) is 12.1 Å². The molecule has 0 fully saturated rings. The lowest BCUT2D eigenvalue weighted by Gasteiger charge is -2.14. The molecule has 118 valence electrons. The zero-order valence-corrected chi connectivity index (χ0v) is 13.3. The highest BCUT2D eigenvalue weighted by molar-refractivity contribution is 5.94. The smallest absolute Gasteiger partial charge is 0.124 e. The lowest BCUT2D eigenvalue weighted by Crippen LogP contribution is -2.11. The number of benzene rings is 2. The Hall–Kier alpha value is -2.30. The fourth-order valence-electron chi connectivity index (χ4n) is 2.87. The predicted molar refractivity (Wildman–Crippen MR) is 90.5 cm³/mol. The normalized spacial score (nSPS) is 11.3. The Morgan fingerprint density at radius 3 is 2.65 bits per heavy atom. The van der Waals surface area contributed by atoms with Gasteiger partial charge in [-0.15, -0.1) is 0 Å². The Morgan fingerprint density at radius 1 is 1.09 bits per heavy atom. The number of hydrogen-bond acceptors (Lipinski definition) is 3. The van der Waals surface area contributed by atoms with E-state index in [1.807, 2.05) is 38.4 Å². The zero-order valence-electron chi connectivity index (χ0n) is 13.3. The van der Waals surface area contributed by atoms with Crippen molar-refractivity contribution in [1.29, 1.82) is 0 Å². The van der Waals surface area contributed by atoms with Crippen molar-refractivity contribution < 1.29 is 9.50 Å². The summed E-state index contributed by atoms with van der Waals surface area (Å²) < 4.78 is 14.0. The van der Waals surface area contributed by atoms with Crippen LogP contribution in [0.5, 0.6) is 0 Å². The minimum absolute atomic E-state index is 0.0958. The maximum absolute atomic E-state index is 14.0. The van der Waals surface area contributed by atoms with E-state index in [0.29, 0.717) is 5.56 Å². The van der Waals surface area contributed by atoms with Crippen LogP contribution in [0, 0.1) is 5.82 Å². The van der Waals surface area contributed by atoms with Gasteiger partial charge >= 0.3 is 0 Å². The maximum Gasteiger partial charge on any atom is 0.124 e. The highest BCUT2D eigenvalue weighted by Gasteiger charge is 2.12. The van der Waals surface area contributed by atoms with Gasteiger partial charge in [0.1, 0.15) is 5.82 Å². The molecule has 1 N–H and O–H groups in total. The molecular formula is C19H19FN2O. The second-order valence-corrected chi connectivity index (χ2v) is 5.92. The SMILES string of the molecule is CN(C)Cc1ccc(-c2cc(F)cc3cccnc23)c(CO)c1. The van der Waals surface area contributed by atoms with Gasteiger partial charge in [0.05, 0.1) is 12.1 Å². The third kappa shape index (κ3) is 3.23. The third-order valence-electron chi connectivity index (χ3n) is 3.80. The quantitative estimate of drug-likeness (QED) is 0.800. The first-order valence-electron chi connectivity index (χ1n) is 7.50. The van der Waals surface area contributed by atoms with Crippen LogP contribution < -0.4 is 0 Å². The molecule has 0 aliphatic heterocycles. The van der Waals surface area contributed by atoms with Gasteiger partial charge in [-0.1, -0.05) is 24.3 Å². The summed E-state index contributed by atoms with van der Waals surface area (Å²) in [6, 6.07) is 12.5. The van der Waals surface area contributed by atoms with Crippen molar-refractivity contribution in [3.05, 3.63) is 65.6 Å². The summed E-state index contributed by atoms with van der Waals surface area (Å²) in [4.78, 5) is 6.45. The number of fused-ring (bicyclic) bond motifs is 1. The summed E-state index contributed by atoms with van der Waals surface area (Å²) in [5.74, 6) is -0.304. The van der Waals surface area contributed by atoms with Gasteiger partial charge in [0, 0.05) is 23.7 Å². The molecule has 0 unspecified atom stereocenters. The van der Waals surface area contributed by atoms with E-state index >= 15 is 0 Å². The minimum atomic E-state index is -0.304. The van der Waals surface area contributed by atoms with Crippen molar-refractivity contribution >= 4 is 10.9 Å². The van der Waals surface area contributed by atoms with Gasteiger partial charge in [0.15, 0.2) is 0 Å². The molecule has 23 heavy (non-hydrogen) atoms. The molecule has 2 aromatic carbocycles. The largest absolute Gasteiger partial charge is 0.392 e. The number of aromatic nitrogens is 1. The fraction of sp³-hybridized carbons (Fsp3) is 0.211. The van der Waals surface area contributed by atoms with Crippen molar-refractivity contribution in [3.8, 4) is 11.1 Å². The molecule has 0 amide bonds. The monoisotopic (exact) mass is 310 g/mol. The molecule has 0 saturated carbocycles.